The number of methoxy groups -OCH3 is 1. The van der Waals surface area contributed by atoms with Gasteiger partial charge in [0.1, 0.15) is 17.1 Å². The Kier molecular flexibility index (Phi) is 9.60. The predicted octanol–water partition coefficient (Wildman–Crippen LogP) is 6.85. The van der Waals surface area contributed by atoms with Crippen molar-refractivity contribution in [2.24, 2.45) is 5.41 Å². The topological polar surface area (TPSA) is 145 Å². The van der Waals surface area contributed by atoms with Crippen molar-refractivity contribution in [3.05, 3.63) is 65.7 Å². The van der Waals surface area contributed by atoms with Crippen LogP contribution in [-0.4, -0.2) is 57.6 Å². The average Bonchev–Trinajstić information content (AvgIpc) is 3.47. The maximum Gasteiger partial charge on any atom is 0.421 e. The largest absolute Gasteiger partial charge is 0.495 e. The highest BCUT2D eigenvalue weighted by molar-refractivity contribution is 7.58. The van der Waals surface area contributed by atoms with E-state index in [0.29, 0.717) is 53.6 Å². The van der Waals surface area contributed by atoms with Crippen molar-refractivity contribution < 1.29 is 31.8 Å². The minimum atomic E-state index is -4.82. The first-order valence-corrected chi connectivity index (χ1v) is 16.9. The molecule has 250 valence electrons. The van der Waals surface area contributed by atoms with E-state index < -0.39 is 36.2 Å². The van der Waals surface area contributed by atoms with Crippen LogP contribution < -0.4 is 20.7 Å². The van der Waals surface area contributed by atoms with Crippen LogP contribution in [-0.2, 0) is 28.0 Å². The van der Waals surface area contributed by atoms with Gasteiger partial charge in [-0.3, -0.25) is 14.0 Å². The van der Waals surface area contributed by atoms with E-state index in [9.17, 15) is 22.5 Å². The Hall–Kier alpha value is -4.49. The van der Waals surface area contributed by atoms with Crippen LogP contribution in [0, 0.1) is 5.41 Å². The summed E-state index contributed by atoms with van der Waals surface area (Å²) in [6, 6.07) is 8.11. The molecule has 1 atom stereocenters. The smallest absolute Gasteiger partial charge is 0.421 e. The summed E-state index contributed by atoms with van der Waals surface area (Å²) in [5, 5.41) is 12.5. The van der Waals surface area contributed by atoms with Crippen LogP contribution in [0.1, 0.15) is 48.8 Å². The van der Waals surface area contributed by atoms with E-state index in [1.807, 2.05) is 20.8 Å². The van der Waals surface area contributed by atoms with Crippen LogP contribution in [0.2, 0.25) is 0 Å². The fraction of sp³-hybridized carbons (Fsp3) is 0.387. The number of pyridine rings is 1. The van der Waals surface area contributed by atoms with E-state index in [4.69, 9.17) is 9.26 Å². The number of carbonyl (C=O) groups excluding carboxylic acids is 1. The molecule has 0 fully saturated rings. The first-order chi connectivity index (χ1) is 22.2. The molecule has 0 saturated carbocycles. The summed E-state index contributed by atoms with van der Waals surface area (Å²) >= 11 is 0. The molecule has 1 amide bonds. The molecule has 4 aliphatic rings. The number of nitrogens with zero attached hydrogens (tertiary/aromatic N) is 5. The first-order valence-electron chi connectivity index (χ1n) is 14.9. The maximum atomic E-state index is 14.1. The molecular weight excluding hydrogens is 636 g/mol. The second kappa shape index (κ2) is 13.3. The third-order valence-corrected chi connectivity index (χ3v) is 9.97. The molecule has 3 aromatic heterocycles. The number of aromatic nitrogens is 5. The number of hydrogen-bond acceptors (Lipinski definition) is 10. The second-order valence-electron chi connectivity index (χ2n) is 12.0. The lowest BCUT2D eigenvalue weighted by atomic mass is 9.95. The van der Waals surface area contributed by atoms with Gasteiger partial charge in [-0.15, -0.1) is 0 Å². The number of nitrogens with one attached hydrogen (secondary N) is 3. The summed E-state index contributed by atoms with van der Waals surface area (Å²) in [5.41, 5.74) is 0.252. The molecule has 12 nitrogen and oxygen atoms in total. The second-order valence-corrected chi connectivity index (χ2v) is 14.6. The average molecular weight is 673 g/mol. The molecule has 7 heterocycles. The third kappa shape index (κ3) is 7.91. The monoisotopic (exact) mass is 672 g/mol. The van der Waals surface area contributed by atoms with E-state index in [1.54, 1.807) is 41.3 Å². The zero-order chi connectivity index (χ0) is 34.0. The Labute approximate surface area is 270 Å². The van der Waals surface area contributed by atoms with Crippen LogP contribution in [0.4, 0.5) is 36.3 Å². The van der Waals surface area contributed by atoms with Gasteiger partial charge < -0.3 is 25.2 Å². The molecule has 0 unspecified atom stereocenters. The van der Waals surface area contributed by atoms with E-state index >= 15 is 0 Å². The minimum Gasteiger partial charge on any atom is -0.495 e. The first kappa shape index (κ1) is 33.9. The quantitative estimate of drug-likeness (QED) is 0.197. The van der Waals surface area contributed by atoms with Gasteiger partial charge in [-0.25, -0.2) is 9.97 Å². The fourth-order valence-electron chi connectivity index (χ4n) is 5.11. The highest BCUT2D eigenvalue weighted by Crippen LogP contribution is 2.52. The molecule has 3 N–H and O–H groups in total. The Morgan fingerprint density at radius 2 is 1.91 bits per heavy atom. The van der Waals surface area contributed by atoms with E-state index in [1.165, 1.54) is 20.2 Å². The van der Waals surface area contributed by atoms with Gasteiger partial charge in [0.15, 0.2) is 5.69 Å². The summed E-state index contributed by atoms with van der Waals surface area (Å²) < 4.78 is 69.8. The highest BCUT2D eigenvalue weighted by Gasteiger charge is 2.36. The van der Waals surface area contributed by atoms with Crippen molar-refractivity contribution in [1.29, 1.82) is 0 Å². The number of anilines is 4. The molecule has 1 aromatic carbocycles. The highest BCUT2D eigenvalue weighted by atomic mass is 31.2. The van der Waals surface area contributed by atoms with Gasteiger partial charge in [-0.05, 0) is 36.2 Å². The molecule has 8 bridgehead atoms. The third-order valence-electron chi connectivity index (χ3n) is 7.39. The van der Waals surface area contributed by atoms with Gasteiger partial charge in [0.2, 0.25) is 13.3 Å². The number of hydrogen-bond donors (Lipinski definition) is 3. The Balaban J connectivity index is 1.65. The number of rotatable bonds is 4. The summed E-state index contributed by atoms with van der Waals surface area (Å²) in [7, 11) is -0.296. The van der Waals surface area contributed by atoms with Crippen molar-refractivity contribution in [2.45, 2.75) is 46.1 Å². The van der Waals surface area contributed by atoms with Gasteiger partial charge in [0.05, 0.1) is 37.0 Å². The lowest BCUT2D eigenvalue weighted by Crippen LogP contribution is -2.25. The summed E-state index contributed by atoms with van der Waals surface area (Å²) in [5.74, 6) is -1.06. The molecule has 4 aliphatic heterocycles. The fourth-order valence-corrected chi connectivity index (χ4v) is 7.51. The van der Waals surface area contributed by atoms with Gasteiger partial charge in [-0.1, -0.05) is 26.8 Å². The van der Waals surface area contributed by atoms with Gasteiger partial charge in [0.25, 0.3) is 5.91 Å². The van der Waals surface area contributed by atoms with Crippen LogP contribution >= 0.6 is 7.37 Å². The Morgan fingerprint density at radius 3 is 2.62 bits per heavy atom. The Morgan fingerprint density at radius 1 is 1.15 bits per heavy atom. The molecule has 0 radical (unpaired) electrons. The number of ether oxygens (including phenoxy) is 1. The lowest BCUT2D eigenvalue weighted by Gasteiger charge is -2.28. The number of halogens is 3. The van der Waals surface area contributed by atoms with Crippen molar-refractivity contribution in [1.82, 2.24) is 30.0 Å². The summed E-state index contributed by atoms with van der Waals surface area (Å²) in [4.78, 5) is 25.4. The number of carbonyl (C=O) groups is 1. The number of benzene rings is 1. The Bertz CT molecular complexity index is 1830. The van der Waals surface area contributed by atoms with E-state index in [-0.39, 0.29) is 30.1 Å². The van der Waals surface area contributed by atoms with Gasteiger partial charge in [0, 0.05) is 49.3 Å². The normalized spacial score (nSPS) is 18.0. The van der Waals surface area contributed by atoms with E-state index in [2.05, 4.69) is 36.0 Å². The minimum absolute atomic E-state index is 0.00509. The SMILES string of the molecule is CCC[P@]1(=O)Cc2ccc(c(OC)c2)Nc2ncc(C(F)(F)F)c(n2)Nc2ccc(nc2C(=O)NC)-c2cnn(c2)CC(C)(C)CO1. The zero-order valence-corrected chi connectivity index (χ0v) is 27.5. The number of amides is 1. The predicted molar refractivity (Wildman–Crippen MR) is 172 cm³/mol. The molecule has 16 heteroatoms. The summed E-state index contributed by atoms with van der Waals surface area (Å²) in [6.45, 7) is 6.55. The molecule has 0 aliphatic carbocycles. The van der Waals surface area contributed by atoms with Crippen LogP contribution in [0.15, 0.2) is 48.9 Å². The molecule has 8 rings (SSSR count). The van der Waals surface area contributed by atoms with E-state index in [0.717, 1.165) is 0 Å². The molecule has 47 heavy (non-hydrogen) atoms. The number of alkyl halides is 3. The molecule has 0 spiro atoms. The zero-order valence-electron chi connectivity index (χ0n) is 26.6. The van der Waals surface area contributed by atoms with Crippen LogP contribution in [0.25, 0.3) is 11.3 Å². The van der Waals surface area contributed by atoms with Crippen LogP contribution in [0.3, 0.4) is 0 Å². The summed E-state index contributed by atoms with van der Waals surface area (Å²) in [6.07, 6.45) is 0.359. The van der Waals surface area contributed by atoms with Gasteiger partial charge in [-0.2, -0.15) is 23.3 Å². The van der Waals surface area contributed by atoms with Crippen molar-refractivity contribution in [2.75, 3.05) is 37.6 Å². The molecule has 4 aromatic rings. The van der Waals surface area contributed by atoms with Crippen molar-refractivity contribution >= 4 is 36.4 Å². The maximum absolute atomic E-state index is 14.1. The van der Waals surface area contributed by atoms with Crippen LogP contribution in [0.5, 0.6) is 5.75 Å². The lowest BCUT2D eigenvalue weighted by molar-refractivity contribution is -0.137. The molecular formula is C31H36F3N8O4P. The van der Waals surface area contributed by atoms with Crippen molar-refractivity contribution in [3.63, 3.8) is 0 Å². The van der Waals surface area contributed by atoms with Crippen molar-refractivity contribution in [3.8, 4) is 17.0 Å². The van der Waals surface area contributed by atoms with Gasteiger partial charge >= 0.3 is 6.18 Å². The standard InChI is InChI=1S/C31H36F3N8O4P/c1-6-11-47(44)16-19-7-8-23(25(12-19)45-5)40-29-36-14-21(31(32,33)34)27(41-29)39-24-10-9-22(38-26(24)28(43)35-4)20-13-37-42(15-20)17-30(2,3)18-46-47/h7-10,12-15H,6,11,16-18H2,1-5H3,(H,35,43)(H2,36,39,40,41)/t47-/m1/s1. The molecule has 0 saturated heterocycles.